The predicted octanol–water partition coefficient (Wildman–Crippen LogP) is 6.11. The number of nitrogens with zero attached hydrogens (tertiary/aromatic N) is 3. The van der Waals surface area contributed by atoms with Gasteiger partial charge in [0.05, 0.1) is 16.4 Å². The zero-order valence-corrected chi connectivity index (χ0v) is 20.5. The number of amidine groups is 1. The number of anilines is 1. The van der Waals surface area contributed by atoms with Crippen LogP contribution in [0.4, 0.5) is 11.4 Å². The summed E-state index contributed by atoms with van der Waals surface area (Å²) in [6, 6.07) is 25.5. The fourth-order valence-electron chi connectivity index (χ4n) is 3.88. The van der Waals surface area contributed by atoms with Gasteiger partial charge in [0.15, 0.2) is 11.0 Å². The molecule has 1 saturated heterocycles. The first kappa shape index (κ1) is 22.5. The Morgan fingerprint density at radius 1 is 0.912 bits per heavy atom. The smallest absolute Gasteiger partial charge is 0.269 e. The molecule has 0 spiro atoms. The lowest BCUT2D eigenvalue weighted by molar-refractivity contribution is -0.122. The highest BCUT2D eigenvalue weighted by Crippen LogP contribution is 2.50. The summed E-state index contributed by atoms with van der Waals surface area (Å²) in [6.45, 7) is 2.09. The first-order chi connectivity index (χ1) is 16.5. The number of aliphatic imine (C=N–C) groups is 1. The fraction of sp³-hybridized carbons (Fsp3) is 0.148. The molecule has 0 radical (unpaired) electrons. The van der Waals surface area contributed by atoms with Gasteiger partial charge in [0.2, 0.25) is 0 Å². The molecular weight excluding hydrogens is 462 g/mol. The SMILES string of the molecule is CC(=O)c1ccc(N=C2S/C(=C3\Sc4ccccc4N3C)C(=O)N2CCc2ccccc2)cc1. The van der Waals surface area contributed by atoms with Crippen LogP contribution in [-0.2, 0) is 11.2 Å². The monoisotopic (exact) mass is 485 g/mol. The summed E-state index contributed by atoms with van der Waals surface area (Å²) in [7, 11) is 2.00. The largest absolute Gasteiger partial charge is 0.337 e. The molecule has 0 aliphatic carbocycles. The van der Waals surface area contributed by atoms with E-state index in [4.69, 9.17) is 4.99 Å². The van der Waals surface area contributed by atoms with Crippen molar-refractivity contribution < 1.29 is 9.59 Å². The van der Waals surface area contributed by atoms with Gasteiger partial charge in [0.25, 0.3) is 5.91 Å². The Hall–Kier alpha value is -3.29. The van der Waals surface area contributed by atoms with E-state index in [0.29, 0.717) is 27.9 Å². The molecule has 3 aromatic carbocycles. The average molecular weight is 486 g/mol. The van der Waals surface area contributed by atoms with Gasteiger partial charge in [-0.05, 0) is 67.1 Å². The molecule has 170 valence electrons. The number of carbonyl (C=O) groups is 2. The molecular formula is C27H23N3O2S2. The van der Waals surface area contributed by atoms with Gasteiger partial charge in [-0.3, -0.25) is 14.5 Å². The molecule has 0 saturated carbocycles. The molecule has 0 aromatic heterocycles. The van der Waals surface area contributed by atoms with Crippen LogP contribution in [0.25, 0.3) is 0 Å². The minimum atomic E-state index is -0.0257. The second-order valence-electron chi connectivity index (χ2n) is 8.05. The Labute approximate surface area is 207 Å². The van der Waals surface area contributed by atoms with Gasteiger partial charge in [0, 0.05) is 24.1 Å². The quantitative estimate of drug-likeness (QED) is 0.323. The molecule has 3 aromatic rings. The third-order valence-corrected chi connectivity index (χ3v) is 8.19. The van der Waals surface area contributed by atoms with Crippen LogP contribution >= 0.6 is 23.5 Å². The number of thioether (sulfide) groups is 2. The number of ketones is 1. The molecule has 2 heterocycles. The van der Waals surface area contributed by atoms with Crippen LogP contribution in [0, 0.1) is 0 Å². The number of amides is 1. The van der Waals surface area contributed by atoms with E-state index >= 15 is 0 Å². The van der Waals surface area contributed by atoms with Crippen molar-refractivity contribution in [2.24, 2.45) is 4.99 Å². The van der Waals surface area contributed by atoms with Crippen LogP contribution in [0.15, 0.2) is 98.7 Å². The summed E-state index contributed by atoms with van der Waals surface area (Å²) in [4.78, 5) is 35.8. The van der Waals surface area contributed by atoms with Gasteiger partial charge in [0.1, 0.15) is 4.91 Å². The summed E-state index contributed by atoms with van der Waals surface area (Å²) in [6.07, 6.45) is 0.737. The minimum absolute atomic E-state index is 0.0157. The summed E-state index contributed by atoms with van der Waals surface area (Å²) >= 11 is 3.04. The number of carbonyl (C=O) groups excluding carboxylic acids is 2. The van der Waals surface area contributed by atoms with E-state index in [1.54, 1.807) is 35.7 Å². The third kappa shape index (κ3) is 4.41. The summed E-state index contributed by atoms with van der Waals surface area (Å²) in [5.41, 5.74) is 3.63. The fourth-order valence-corrected chi connectivity index (χ4v) is 6.25. The molecule has 2 aliphatic rings. The number of Topliss-reactive ketones (excluding diaryl/α,β-unsaturated/α-hetero) is 1. The van der Waals surface area contributed by atoms with Gasteiger partial charge in [-0.25, -0.2) is 4.99 Å². The lowest BCUT2D eigenvalue weighted by Crippen LogP contribution is -2.31. The van der Waals surface area contributed by atoms with E-state index in [-0.39, 0.29) is 11.7 Å². The zero-order valence-electron chi connectivity index (χ0n) is 18.9. The van der Waals surface area contributed by atoms with E-state index < -0.39 is 0 Å². The molecule has 34 heavy (non-hydrogen) atoms. The number of benzene rings is 3. The predicted molar refractivity (Wildman–Crippen MR) is 141 cm³/mol. The van der Waals surface area contributed by atoms with E-state index in [1.807, 2.05) is 49.5 Å². The van der Waals surface area contributed by atoms with Crippen molar-refractivity contribution in [2.45, 2.75) is 18.2 Å². The normalized spacial score (nSPS) is 18.6. The number of fused-ring (bicyclic) bond motifs is 1. The lowest BCUT2D eigenvalue weighted by atomic mass is 10.1. The number of rotatable bonds is 5. The van der Waals surface area contributed by atoms with Gasteiger partial charge < -0.3 is 4.90 Å². The molecule has 1 fully saturated rings. The standard InChI is InChI=1S/C27H23N3O2S2/c1-18(31)20-12-14-21(15-13-20)28-27-30(17-16-19-8-4-3-5-9-19)25(32)24(34-27)26-29(2)22-10-6-7-11-23(22)33-26/h3-15H,16-17H2,1-2H3/b26-24-,28-27?. The Morgan fingerprint density at radius 2 is 1.62 bits per heavy atom. The summed E-state index contributed by atoms with van der Waals surface area (Å²) in [5, 5.41) is 1.59. The van der Waals surface area contributed by atoms with Crippen LogP contribution in [0.5, 0.6) is 0 Å². The molecule has 0 unspecified atom stereocenters. The molecule has 7 heteroatoms. The van der Waals surface area contributed by atoms with Crippen molar-refractivity contribution >= 4 is 51.8 Å². The number of hydrogen-bond acceptors (Lipinski definition) is 6. The van der Waals surface area contributed by atoms with Gasteiger partial charge in [-0.15, -0.1) is 0 Å². The van der Waals surface area contributed by atoms with Crippen molar-refractivity contribution in [3.05, 3.63) is 99.9 Å². The first-order valence-electron chi connectivity index (χ1n) is 11.0. The van der Waals surface area contributed by atoms with E-state index in [9.17, 15) is 9.59 Å². The first-order valence-corrected chi connectivity index (χ1v) is 12.6. The molecule has 0 N–H and O–H groups in total. The van der Waals surface area contributed by atoms with Crippen LogP contribution in [0.3, 0.4) is 0 Å². The second kappa shape index (κ2) is 9.52. The highest BCUT2D eigenvalue weighted by atomic mass is 32.2. The maximum Gasteiger partial charge on any atom is 0.269 e. The van der Waals surface area contributed by atoms with E-state index in [2.05, 4.69) is 29.2 Å². The van der Waals surface area contributed by atoms with Crippen LogP contribution < -0.4 is 4.90 Å². The Morgan fingerprint density at radius 3 is 2.32 bits per heavy atom. The maximum atomic E-state index is 13.6. The molecule has 0 bridgehead atoms. The third-order valence-electron chi connectivity index (χ3n) is 5.76. The van der Waals surface area contributed by atoms with Crippen LogP contribution in [0.2, 0.25) is 0 Å². The highest BCUT2D eigenvalue weighted by molar-refractivity contribution is 8.19. The topological polar surface area (TPSA) is 53.0 Å². The Kier molecular flexibility index (Phi) is 6.30. The molecule has 2 aliphatic heterocycles. The minimum Gasteiger partial charge on any atom is -0.337 e. The number of hydrogen-bond donors (Lipinski definition) is 0. The van der Waals surface area contributed by atoms with Crippen LogP contribution in [-0.4, -0.2) is 35.4 Å². The summed E-state index contributed by atoms with van der Waals surface area (Å²) < 4.78 is 0. The summed E-state index contributed by atoms with van der Waals surface area (Å²) in [5.74, 6) is -0.0100. The van der Waals surface area contributed by atoms with Crippen molar-refractivity contribution in [2.75, 3.05) is 18.5 Å². The van der Waals surface area contributed by atoms with E-state index in [1.165, 1.54) is 17.3 Å². The van der Waals surface area contributed by atoms with E-state index in [0.717, 1.165) is 22.0 Å². The van der Waals surface area contributed by atoms with Crippen molar-refractivity contribution in [1.82, 2.24) is 4.90 Å². The molecule has 5 rings (SSSR count). The van der Waals surface area contributed by atoms with Gasteiger partial charge in [-0.2, -0.15) is 0 Å². The zero-order chi connectivity index (χ0) is 23.7. The Balaban J connectivity index is 1.49. The van der Waals surface area contributed by atoms with Crippen LogP contribution in [0.1, 0.15) is 22.8 Å². The second-order valence-corrected chi connectivity index (χ2v) is 10.1. The molecule has 1 amide bonds. The highest BCUT2D eigenvalue weighted by Gasteiger charge is 2.38. The average Bonchev–Trinajstić information content (AvgIpc) is 3.35. The number of para-hydroxylation sites is 1. The van der Waals surface area contributed by atoms with Crippen molar-refractivity contribution in [3.63, 3.8) is 0 Å². The van der Waals surface area contributed by atoms with Crippen molar-refractivity contribution in [3.8, 4) is 0 Å². The Bertz CT molecular complexity index is 1320. The molecule has 0 atom stereocenters. The lowest BCUT2D eigenvalue weighted by Gasteiger charge is -2.16. The molecule has 5 nitrogen and oxygen atoms in total. The van der Waals surface area contributed by atoms with Crippen molar-refractivity contribution in [1.29, 1.82) is 0 Å². The van der Waals surface area contributed by atoms with Gasteiger partial charge >= 0.3 is 0 Å². The maximum absolute atomic E-state index is 13.6. The van der Waals surface area contributed by atoms with Gasteiger partial charge in [-0.1, -0.05) is 54.2 Å².